The van der Waals surface area contributed by atoms with Gasteiger partial charge in [-0.2, -0.15) is 0 Å². The largest absolute Gasteiger partial charge is 0.320 e. The predicted molar refractivity (Wildman–Crippen MR) is 84.5 cm³/mol. The highest BCUT2D eigenvalue weighted by molar-refractivity contribution is 7.89. The number of nitrogens with one attached hydrogen (secondary N) is 1. The van der Waals surface area contributed by atoms with Crippen LogP contribution in [0, 0.1) is 17.8 Å². The zero-order valence-electron chi connectivity index (χ0n) is 12.1. The molecule has 21 heavy (non-hydrogen) atoms. The van der Waals surface area contributed by atoms with Crippen LogP contribution >= 0.6 is 11.6 Å². The number of halogens is 1. The average molecular weight is 327 g/mol. The minimum Gasteiger partial charge on any atom is -0.320 e. The Hall–Kier alpha value is -1.06. The molecule has 1 aliphatic rings. The lowest BCUT2D eigenvalue weighted by Gasteiger charge is -2.26. The van der Waals surface area contributed by atoms with E-state index in [4.69, 9.17) is 17.3 Å². The highest BCUT2D eigenvalue weighted by atomic mass is 35.5. The molecule has 0 unspecified atom stereocenters. The van der Waals surface area contributed by atoms with Crippen molar-refractivity contribution in [1.29, 1.82) is 0 Å². The van der Waals surface area contributed by atoms with Crippen molar-refractivity contribution in [3.8, 4) is 11.8 Å². The topological polar surface area (TPSA) is 72.2 Å². The summed E-state index contributed by atoms with van der Waals surface area (Å²) >= 11 is 6.10. The number of benzene rings is 1. The van der Waals surface area contributed by atoms with Gasteiger partial charge in [-0.05, 0) is 50.8 Å². The molecule has 0 spiro atoms. The summed E-state index contributed by atoms with van der Waals surface area (Å²) in [4.78, 5) is 0.0798. The molecular formula is C15H19ClN2O2S. The van der Waals surface area contributed by atoms with Crippen LogP contribution < -0.4 is 10.5 Å². The van der Waals surface area contributed by atoms with Gasteiger partial charge in [0.25, 0.3) is 0 Å². The van der Waals surface area contributed by atoms with Crippen molar-refractivity contribution in [3.63, 3.8) is 0 Å². The van der Waals surface area contributed by atoms with E-state index in [1.54, 1.807) is 12.1 Å². The summed E-state index contributed by atoms with van der Waals surface area (Å²) in [7, 11) is -3.65. The first kappa shape index (κ1) is 16.3. The second-order valence-electron chi connectivity index (χ2n) is 5.75. The van der Waals surface area contributed by atoms with Gasteiger partial charge in [-0.25, -0.2) is 13.1 Å². The molecule has 0 aromatic heterocycles. The Kier molecular flexibility index (Phi) is 4.64. The summed E-state index contributed by atoms with van der Waals surface area (Å²) in [5, 5.41) is 0.165. The lowest BCUT2D eigenvalue weighted by Crippen LogP contribution is -2.45. The Morgan fingerprint density at radius 3 is 2.62 bits per heavy atom. The molecule has 0 aliphatic heterocycles. The summed E-state index contributed by atoms with van der Waals surface area (Å²) in [6.45, 7) is 4.04. The van der Waals surface area contributed by atoms with Gasteiger partial charge < -0.3 is 5.73 Å². The van der Waals surface area contributed by atoms with Gasteiger partial charge in [-0.1, -0.05) is 23.4 Å². The van der Waals surface area contributed by atoms with Gasteiger partial charge >= 0.3 is 0 Å². The van der Waals surface area contributed by atoms with Gasteiger partial charge in [0.15, 0.2) is 0 Å². The van der Waals surface area contributed by atoms with Gasteiger partial charge in [-0.3, -0.25) is 0 Å². The lowest BCUT2D eigenvalue weighted by atomic mass is 10.0. The fraction of sp³-hybridized carbons (Fsp3) is 0.467. The predicted octanol–water partition coefficient (Wildman–Crippen LogP) is 2.12. The maximum atomic E-state index is 12.5. The third kappa shape index (κ3) is 3.98. The average Bonchev–Trinajstić information content (AvgIpc) is 3.19. The van der Waals surface area contributed by atoms with E-state index < -0.39 is 15.6 Å². The van der Waals surface area contributed by atoms with E-state index in [0.717, 1.165) is 12.8 Å². The third-order valence-corrected chi connectivity index (χ3v) is 5.71. The fourth-order valence-electron chi connectivity index (χ4n) is 2.24. The second kappa shape index (κ2) is 5.98. The Labute approximate surface area is 131 Å². The van der Waals surface area contributed by atoms with Crippen molar-refractivity contribution in [1.82, 2.24) is 4.72 Å². The summed E-state index contributed by atoms with van der Waals surface area (Å²) in [6.07, 6.45) is 2.10. The van der Waals surface area contributed by atoms with Crippen molar-refractivity contribution in [2.75, 3.05) is 6.54 Å². The number of sulfonamides is 1. The lowest BCUT2D eigenvalue weighted by molar-refractivity contribution is 0.400. The zero-order chi connectivity index (χ0) is 15.7. The van der Waals surface area contributed by atoms with Crippen molar-refractivity contribution in [3.05, 3.63) is 28.8 Å². The zero-order valence-corrected chi connectivity index (χ0v) is 13.7. The first-order valence-corrected chi connectivity index (χ1v) is 8.65. The minimum atomic E-state index is -3.65. The maximum Gasteiger partial charge on any atom is 0.242 e. The van der Waals surface area contributed by atoms with Gasteiger partial charge in [0.2, 0.25) is 10.0 Å². The summed E-state index contributed by atoms with van der Waals surface area (Å²) < 4.78 is 27.7. The SMILES string of the molecule is CC(C)(NS(=O)(=O)c1ccc(C#CCN)cc1Cl)C1CC1. The molecule has 4 nitrogen and oxygen atoms in total. The van der Waals surface area contributed by atoms with Crippen molar-refractivity contribution in [2.24, 2.45) is 11.7 Å². The van der Waals surface area contributed by atoms with E-state index in [0.29, 0.717) is 11.5 Å². The quantitative estimate of drug-likeness (QED) is 0.832. The number of rotatable bonds is 4. The van der Waals surface area contributed by atoms with E-state index in [9.17, 15) is 8.42 Å². The van der Waals surface area contributed by atoms with E-state index >= 15 is 0 Å². The molecular weight excluding hydrogens is 308 g/mol. The monoisotopic (exact) mass is 326 g/mol. The van der Waals surface area contributed by atoms with Crippen LogP contribution in [0.3, 0.4) is 0 Å². The van der Waals surface area contributed by atoms with Crippen LogP contribution in [0.2, 0.25) is 5.02 Å². The molecule has 0 heterocycles. The van der Waals surface area contributed by atoms with E-state index in [1.807, 2.05) is 13.8 Å². The molecule has 1 fully saturated rings. The van der Waals surface area contributed by atoms with Gasteiger partial charge in [0.05, 0.1) is 11.6 Å². The minimum absolute atomic E-state index is 0.0798. The second-order valence-corrected chi connectivity index (χ2v) is 7.81. The number of nitrogens with two attached hydrogens (primary N) is 1. The van der Waals surface area contributed by atoms with Crippen LogP contribution in [-0.4, -0.2) is 20.5 Å². The van der Waals surface area contributed by atoms with Crippen molar-refractivity contribution < 1.29 is 8.42 Å². The van der Waals surface area contributed by atoms with Crippen LogP contribution in [0.5, 0.6) is 0 Å². The van der Waals surface area contributed by atoms with E-state index in [2.05, 4.69) is 16.6 Å². The van der Waals surface area contributed by atoms with Gasteiger partial charge in [0, 0.05) is 11.1 Å². The maximum absolute atomic E-state index is 12.5. The summed E-state index contributed by atoms with van der Waals surface area (Å²) in [6, 6.07) is 4.66. The first-order valence-electron chi connectivity index (χ1n) is 6.79. The molecule has 0 atom stereocenters. The molecule has 1 saturated carbocycles. The molecule has 0 saturated heterocycles. The molecule has 0 amide bonds. The molecule has 114 valence electrons. The van der Waals surface area contributed by atoms with Crippen LogP contribution in [0.15, 0.2) is 23.1 Å². The normalized spacial score (nSPS) is 15.4. The Bertz CT molecular complexity index is 698. The van der Waals surface area contributed by atoms with Crippen LogP contribution in [0.4, 0.5) is 0 Å². The molecule has 1 aromatic carbocycles. The standard InChI is InChI=1S/C15H19ClN2O2S/c1-15(2,12-6-7-12)18-21(19,20)14-8-5-11(4-3-9-17)10-13(14)16/h5,8,10,12,18H,6-7,9,17H2,1-2H3. The summed E-state index contributed by atoms with van der Waals surface area (Å²) in [5.41, 5.74) is 5.49. The van der Waals surface area contributed by atoms with Gasteiger partial charge in [-0.15, -0.1) is 0 Å². The highest BCUT2D eigenvalue weighted by Crippen LogP contribution is 2.40. The molecule has 6 heteroatoms. The highest BCUT2D eigenvalue weighted by Gasteiger charge is 2.40. The van der Waals surface area contributed by atoms with Crippen LogP contribution in [-0.2, 0) is 10.0 Å². The summed E-state index contributed by atoms with van der Waals surface area (Å²) in [5.74, 6) is 5.92. The number of hydrogen-bond donors (Lipinski definition) is 2. The Balaban J connectivity index is 2.28. The fourth-order valence-corrected chi connectivity index (χ4v) is 4.26. The molecule has 1 aliphatic carbocycles. The molecule has 1 aromatic rings. The van der Waals surface area contributed by atoms with E-state index in [1.165, 1.54) is 6.07 Å². The van der Waals surface area contributed by atoms with Gasteiger partial charge in [0.1, 0.15) is 4.90 Å². The third-order valence-electron chi connectivity index (χ3n) is 3.55. The smallest absolute Gasteiger partial charge is 0.242 e. The van der Waals surface area contributed by atoms with Crippen LogP contribution in [0.25, 0.3) is 0 Å². The Morgan fingerprint density at radius 1 is 1.43 bits per heavy atom. The molecule has 0 bridgehead atoms. The molecule has 2 rings (SSSR count). The Morgan fingerprint density at radius 2 is 2.10 bits per heavy atom. The van der Waals surface area contributed by atoms with Crippen LogP contribution in [0.1, 0.15) is 32.3 Å². The molecule has 3 N–H and O–H groups in total. The van der Waals surface area contributed by atoms with Crippen molar-refractivity contribution >= 4 is 21.6 Å². The number of hydrogen-bond acceptors (Lipinski definition) is 3. The van der Waals surface area contributed by atoms with E-state index in [-0.39, 0.29) is 16.5 Å². The van der Waals surface area contributed by atoms with Crippen molar-refractivity contribution in [2.45, 2.75) is 37.1 Å². The molecule has 0 radical (unpaired) electrons. The first-order chi connectivity index (χ1) is 9.76.